The number of benzene rings is 3. The number of piperidine rings is 1. The maximum absolute atomic E-state index is 13.7. The van der Waals surface area contributed by atoms with E-state index in [-0.39, 0.29) is 6.42 Å². The number of rotatable bonds is 11. The number of alkyl halides is 4. The number of carbonyl (C=O) groups excluding carboxylic acids is 1. The molecule has 3 atom stereocenters. The van der Waals surface area contributed by atoms with Gasteiger partial charge in [-0.15, -0.1) is 0 Å². The lowest BCUT2D eigenvalue weighted by Gasteiger charge is -2.31. The van der Waals surface area contributed by atoms with Gasteiger partial charge in [0.1, 0.15) is 11.8 Å². The molecule has 3 aromatic rings. The Balaban J connectivity index is 1.42. The van der Waals surface area contributed by atoms with Gasteiger partial charge in [-0.1, -0.05) is 67.1 Å². The van der Waals surface area contributed by atoms with E-state index < -0.39 is 42.4 Å². The predicted octanol–water partition coefficient (Wildman–Crippen LogP) is 7.40. The van der Waals surface area contributed by atoms with Crippen molar-refractivity contribution in [3.05, 3.63) is 106 Å². The second-order valence-electron chi connectivity index (χ2n) is 11.8. The van der Waals surface area contributed by atoms with Gasteiger partial charge < -0.3 is 15.2 Å². The minimum atomic E-state index is -4.68. The first-order valence-corrected chi connectivity index (χ1v) is 15.6. The summed E-state index contributed by atoms with van der Waals surface area (Å²) in [5, 5.41) is 24.5. The van der Waals surface area contributed by atoms with Gasteiger partial charge in [0.05, 0.1) is 18.2 Å². The average molecular weight is 636 g/mol. The highest BCUT2D eigenvalue weighted by Gasteiger charge is 2.44. The number of nitriles is 1. The molecule has 3 aromatic carbocycles. The largest absolute Gasteiger partial charge is 0.461 e. The fraction of sp³-hybridized carbons (Fsp3) is 0.389. The summed E-state index contributed by atoms with van der Waals surface area (Å²) in [7, 11) is 0. The van der Waals surface area contributed by atoms with E-state index >= 15 is 0 Å². The molecule has 1 fully saturated rings. The molecule has 1 aliphatic heterocycles. The Morgan fingerprint density at radius 3 is 2.43 bits per heavy atom. The first kappa shape index (κ1) is 33.2. The summed E-state index contributed by atoms with van der Waals surface area (Å²) in [6.45, 7) is 1.67. The number of amides is 1. The van der Waals surface area contributed by atoms with Crippen LogP contribution in [0.2, 0.25) is 0 Å². The highest BCUT2D eigenvalue weighted by Crippen LogP contribution is 2.31. The highest BCUT2D eigenvalue weighted by atomic mass is 19.3. The second-order valence-corrected chi connectivity index (χ2v) is 11.8. The summed E-state index contributed by atoms with van der Waals surface area (Å²) in [6, 6.07) is 18.9. The van der Waals surface area contributed by atoms with E-state index in [0.29, 0.717) is 16.7 Å². The third-order valence-corrected chi connectivity index (χ3v) is 8.57. The van der Waals surface area contributed by atoms with Crippen LogP contribution >= 0.6 is 0 Å². The van der Waals surface area contributed by atoms with E-state index in [2.05, 4.69) is 21.0 Å². The van der Waals surface area contributed by atoms with Crippen molar-refractivity contribution in [3.8, 4) is 11.8 Å². The van der Waals surface area contributed by atoms with Gasteiger partial charge >= 0.3 is 12.5 Å². The molecule has 0 bridgehead atoms. The van der Waals surface area contributed by atoms with Gasteiger partial charge in [0, 0.05) is 5.56 Å². The van der Waals surface area contributed by atoms with E-state index in [1.54, 1.807) is 36.4 Å². The number of fused-ring (bicyclic) bond motifs is 1. The number of hydrogen-bond donors (Lipinski definition) is 2. The van der Waals surface area contributed by atoms with Crippen molar-refractivity contribution >= 4 is 12.0 Å². The lowest BCUT2D eigenvalue weighted by molar-refractivity contribution is -0.253. The maximum atomic E-state index is 13.7. The molecule has 1 heterocycles. The Bertz CT molecular complexity index is 1570. The van der Waals surface area contributed by atoms with Crippen molar-refractivity contribution in [1.29, 1.82) is 5.26 Å². The zero-order valence-electron chi connectivity index (χ0n) is 25.3. The minimum Gasteiger partial charge on any atom is -0.428 e. The Morgan fingerprint density at radius 1 is 1.00 bits per heavy atom. The summed E-state index contributed by atoms with van der Waals surface area (Å²) < 4.78 is 57.1. The van der Waals surface area contributed by atoms with Crippen LogP contribution in [-0.4, -0.2) is 47.6 Å². The maximum Gasteiger partial charge on any atom is 0.461 e. The van der Waals surface area contributed by atoms with E-state index in [9.17, 15) is 32.7 Å². The van der Waals surface area contributed by atoms with E-state index in [1.165, 1.54) is 12.1 Å². The number of likely N-dealkylation sites (tertiary alicyclic amines) is 1. The molecule has 2 aliphatic rings. The van der Waals surface area contributed by atoms with Crippen LogP contribution in [-0.2, 0) is 12.8 Å². The Labute approximate surface area is 266 Å². The van der Waals surface area contributed by atoms with Crippen molar-refractivity contribution < 1.29 is 32.2 Å². The molecule has 10 heteroatoms. The molecule has 1 aliphatic carbocycles. The van der Waals surface area contributed by atoms with Gasteiger partial charge in [-0.05, 0) is 97.6 Å². The summed E-state index contributed by atoms with van der Waals surface area (Å²) >= 11 is 0. The molecule has 6 nitrogen and oxygen atoms in total. The van der Waals surface area contributed by atoms with E-state index in [1.807, 2.05) is 24.3 Å². The number of nitrogens with zero attached hydrogens (tertiary/aromatic N) is 2. The topological polar surface area (TPSA) is 85.6 Å². The zero-order chi connectivity index (χ0) is 32.7. The monoisotopic (exact) mass is 635 g/mol. The molecule has 242 valence electrons. The first-order chi connectivity index (χ1) is 22.2. The molecule has 3 unspecified atom stereocenters. The SMILES string of the molecule is N#CC(c1ccc(C(O)C(Cc2cccc(OC(F)(F)C(F)F)c2)NC(=O)c2cccc3c2C=CCCC3)cc1)N1CCCCC1. The smallest absolute Gasteiger partial charge is 0.428 e. The van der Waals surface area contributed by atoms with Crippen molar-refractivity contribution in [2.45, 2.75) is 75.7 Å². The van der Waals surface area contributed by atoms with Gasteiger partial charge in [-0.2, -0.15) is 22.8 Å². The fourth-order valence-electron chi connectivity index (χ4n) is 6.17. The number of hydrogen-bond acceptors (Lipinski definition) is 5. The number of nitrogens with one attached hydrogen (secondary N) is 1. The quantitative estimate of drug-likeness (QED) is 0.215. The summed E-state index contributed by atoms with van der Waals surface area (Å²) in [5.41, 5.74) is 3.94. The van der Waals surface area contributed by atoms with Crippen LogP contribution in [0.1, 0.15) is 82.4 Å². The van der Waals surface area contributed by atoms with Gasteiger partial charge in [-0.25, -0.2) is 0 Å². The highest BCUT2D eigenvalue weighted by molar-refractivity contribution is 5.98. The molecule has 5 rings (SSSR count). The van der Waals surface area contributed by atoms with Crippen molar-refractivity contribution in [3.63, 3.8) is 0 Å². The Kier molecular flexibility index (Phi) is 10.8. The molecule has 1 saturated heterocycles. The van der Waals surface area contributed by atoms with Gasteiger partial charge in [0.15, 0.2) is 0 Å². The van der Waals surface area contributed by atoms with Crippen molar-refractivity contribution in [2.75, 3.05) is 13.1 Å². The molecule has 0 spiro atoms. The number of halogens is 4. The number of aliphatic hydroxyl groups excluding tert-OH is 1. The standard InChI is InChI=1S/C36H37F4N3O3/c37-35(38)36(39,40)46-28-12-7-9-24(21-28)22-31(42-34(45)30-14-8-11-25-10-3-1-4-13-29(25)30)33(44)27-17-15-26(16-18-27)32(23-41)43-19-5-2-6-20-43/h4,7-9,11-18,21,31-33,35,44H,1-3,5-6,10,19-20,22H2,(H,42,45). The molecule has 0 saturated carbocycles. The van der Waals surface area contributed by atoms with Gasteiger partial charge in [0.2, 0.25) is 0 Å². The average Bonchev–Trinajstić information content (AvgIpc) is 3.31. The third-order valence-electron chi connectivity index (χ3n) is 8.57. The van der Waals surface area contributed by atoms with Crippen LogP contribution in [0.15, 0.2) is 72.8 Å². The summed E-state index contributed by atoms with van der Waals surface area (Å²) in [5.74, 6) is -0.888. The lowest BCUT2D eigenvalue weighted by atomic mass is 9.93. The number of ether oxygens (including phenoxy) is 1. The summed E-state index contributed by atoms with van der Waals surface area (Å²) in [4.78, 5) is 15.9. The molecule has 2 N–H and O–H groups in total. The zero-order valence-corrected chi connectivity index (χ0v) is 25.3. The molecule has 1 amide bonds. The minimum absolute atomic E-state index is 0.0223. The predicted molar refractivity (Wildman–Crippen MR) is 167 cm³/mol. The molecule has 0 aromatic heterocycles. The normalized spacial score (nSPS) is 17.3. The van der Waals surface area contributed by atoms with Gasteiger partial charge in [-0.3, -0.25) is 9.69 Å². The Hall–Kier alpha value is -4.20. The van der Waals surface area contributed by atoms with Crippen LogP contribution in [0.5, 0.6) is 5.75 Å². The number of aryl methyl sites for hydroxylation is 1. The third kappa shape index (κ3) is 7.95. The van der Waals surface area contributed by atoms with E-state index in [4.69, 9.17) is 0 Å². The molecule has 46 heavy (non-hydrogen) atoms. The Morgan fingerprint density at radius 2 is 1.72 bits per heavy atom. The fourth-order valence-corrected chi connectivity index (χ4v) is 6.17. The molecule has 0 radical (unpaired) electrons. The van der Waals surface area contributed by atoms with Crippen molar-refractivity contribution in [1.82, 2.24) is 10.2 Å². The number of aliphatic hydroxyl groups is 1. The van der Waals surface area contributed by atoms with Crippen LogP contribution < -0.4 is 10.1 Å². The number of allylic oxidation sites excluding steroid dienone is 1. The van der Waals surface area contributed by atoms with Crippen LogP contribution in [0, 0.1) is 11.3 Å². The first-order valence-electron chi connectivity index (χ1n) is 15.6. The van der Waals surface area contributed by atoms with E-state index in [0.717, 1.165) is 74.4 Å². The molecular formula is C36H37F4N3O3. The van der Waals surface area contributed by atoms with Crippen LogP contribution in [0.3, 0.4) is 0 Å². The van der Waals surface area contributed by atoms with Gasteiger partial charge in [0.25, 0.3) is 5.91 Å². The summed E-state index contributed by atoms with van der Waals surface area (Å²) in [6.07, 6.45) is -0.136. The lowest BCUT2D eigenvalue weighted by Crippen LogP contribution is -2.41. The molecular weight excluding hydrogens is 598 g/mol. The number of carbonyl (C=O) groups is 1. The second kappa shape index (κ2) is 14.9. The van der Waals surface area contributed by atoms with Crippen LogP contribution in [0.4, 0.5) is 17.6 Å². The van der Waals surface area contributed by atoms with Crippen molar-refractivity contribution in [2.24, 2.45) is 0 Å². The van der Waals surface area contributed by atoms with Crippen LogP contribution in [0.25, 0.3) is 6.08 Å².